The molecule has 8 nitrogen and oxygen atoms in total. The van der Waals surface area contributed by atoms with Gasteiger partial charge in [0.2, 0.25) is 0 Å². The van der Waals surface area contributed by atoms with E-state index in [4.69, 9.17) is 9.47 Å². The molecule has 1 aliphatic rings. The van der Waals surface area contributed by atoms with E-state index in [1.54, 1.807) is 18.2 Å². The Morgan fingerprint density at radius 3 is 2.27 bits per heavy atom. The van der Waals surface area contributed by atoms with Crippen LogP contribution in [0, 0.1) is 5.92 Å². The van der Waals surface area contributed by atoms with Gasteiger partial charge < -0.3 is 14.4 Å². The minimum atomic E-state index is -3.84. The van der Waals surface area contributed by atoms with Crippen molar-refractivity contribution in [1.29, 1.82) is 0 Å². The van der Waals surface area contributed by atoms with Crippen molar-refractivity contribution < 1.29 is 17.9 Å². The van der Waals surface area contributed by atoms with Crippen molar-refractivity contribution in [3.05, 3.63) is 54.6 Å². The van der Waals surface area contributed by atoms with Gasteiger partial charge in [0.05, 0.1) is 19.9 Å². The Kier molecular flexibility index (Phi) is 6.69. The molecule has 33 heavy (non-hydrogen) atoms. The number of hydrogen-bond acceptors (Lipinski definition) is 7. The van der Waals surface area contributed by atoms with Gasteiger partial charge in [-0.25, -0.2) is 8.42 Å². The summed E-state index contributed by atoms with van der Waals surface area (Å²) in [5, 5.41) is 8.77. The Bertz CT molecular complexity index is 1190. The maximum atomic E-state index is 12.9. The highest BCUT2D eigenvalue weighted by atomic mass is 32.2. The van der Waals surface area contributed by atoms with Gasteiger partial charge in [0.25, 0.3) is 10.0 Å². The van der Waals surface area contributed by atoms with Crippen molar-refractivity contribution >= 4 is 21.5 Å². The van der Waals surface area contributed by atoms with Crippen LogP contribution in [-0.4, -0.2) is 45.9 Å². The van der Waals surface area contributed by atoms with E-state index in [-0.39, 0.29) is 10.6 Å². The lowest BCUT2D eigenvalue weighted by Crippen LogP contribution is -2.33. The van der Waals surface area contributed by atoms with Gasteiger partial charge in [0.1, 0.15) is 16.4 Å². The zero-order valence-corrected chi connectivity index (χ0v) is 19.8. The third-order valence-electron chi connectivity index (χ3n) is 5.85. The topological polar surface area (TPSA) is 93.7 Å². The number of piperidine rings is 1. The number of nitrogens with zero attached hydrogens (tertiary/aromatic N) is 3. The van der Waals surface area contributed by atoms with Crippen LogP contribution in [0.15, 0.2) is 59.5 Å². The molecule has 2 heterocycles. The van der Waals surface area contributed by atoms with Crippen molar-refractivity contribution in [2.45, 2.75) is 24.7 Å². The molecule has 0 aliphatic carbocycles. The summed E-state index contributed by atoms with van der Waals surface area (Å²) < 4.78 is 38.7. The minimum Gasteiger partial charge on any atom is -0.497 e. The molecule has 1 aliphatic heterocycles. The lowest BCUT2D eigenvalue weighted by atomic mass is 9.99. The molecule has 9 heteroatoms. The van der Waals surface area contributed by atoms with Crippen LogP contribution in [0.1, 0.15) is 19.8 Å². The molecule has 1 fully saturated rings. The SMILES string of the molecule is COc1ccc(S(=O)(=O)Nc2ccc(-c3ccc(N4CCC(C)CC4)nn3)cc2)c(OC)c1. The summed E-state index contributed by atoms with van der Waals surface area (Å²) in [4.78, 5) is 2.30. The fourth-order valence-electron chi connectivity index (χ4n) is 3.80. The van der Waals surface area contributed by atoms with E-state index < -0.39 is 10.0 Å². The van der Waals surface area contributed by atoms with Crippen LogP contribution in [0.25, 0.3) is 11.3 Å². The number of aromatic nitrogens is 2. The van der Waals surface area contributed by atoms with Crippen molar-refractivity contribution in [2.75, 3.05) is 36.9 Å². The molecule has 1 aromatic heterocycles. The Labute approximate surface area is 194 Å². The van der Waals surface area contributed by atoms with Crippen molar-refractivity contribution in [3.63, 3.8) is 0 Å². The average Bonchev–Trinajstić information content (AvgIpc) is 2.84. The summed E-state index contributed by atoms with van der Waals surface area (Å²) in [7, 11) is -0.919. The van der Waals surface area contributed by atoms with E-state index in [1.807, 2.05) is 24.3 Å². The summed E-state index contributed by atoms with van der Waals surface area (Å²) in [5.41, 5.74) is 2.02. The van der Waals surface area contributed by atoms with Crippen LogP contribution < -0.4 is 19.1 Å². The number of methoxy groups -OCH3 is 2. The van der Waals surface area contributed by atoms with Crippen LogP contribution in [0.2, 0.25) is 0 Å². The van der Waals surface area contributed by atoms with Gasteiger partial charge in [-0.1, -0.05) is 19.1 Å². The van der Waals surface area contributed by atoms with Crippen molar-refractivity contribution in [3.8, 4) is 22.8 Å². The molecule has 0 bridgehead atoms. The highest BCUT2D eigenvalue weighted by molar-refractivity contribution is 7.92. The molecule has 4 rings (SSSR count). The second kappa shape index (κ2) is 9.66. The minimum absolute atomic E-state index is 0.0310. The summed E-state index contributed by atoms with van der Waals surface area (Å²) >= 11 is 0. The van der Waals surface area contributed by atoms with Gasteiger partial charge in [-0.3, -0.25) is 4.72 Å². The second-order valence-corrected chi connectivity index (χ2v) is 9.80. The highest BCUT2D eigenvalue weighted by Gasteiger charge is 2.21. The standard InChI is InChI=1S/C24H28N4O4S/c1-17-12-14-28(15-13-17)24-11-9-21(25-26-24)18-4-6-19(7-5-18)27-33(29,30)23-10-8-20(31-2)16-22(23)32-3/h4-11,16-17,27H,12-15H2,1-3H3. The lowest BCUT2D eigenvalue weighted by molar-refractivity contribution is 0.386. The predicted molar refractivity (Wildman–Crippen MR) is 128 cm³/mol. The number of nitrogens with one attached hydrogen (secondary N) is 1. The summed E-state index contributed by atoms with van der Waals surface area (Å²) in [6.45, 7) is 4.29. The highest BCUT2D eigenvalue weighted by Crippen LogP contribution is 2.30. The van der Waals surface area contributed by atoms with E-state index in [9.17, 15) is 8.42 Å². The van der Waals surface area contributed by atoms with Crippen LogP contribution in [0.4, 0.5) is 11.5 Å². The zero-order valence-electron chi connectivity index (χ0n) is 19.0. The lowest BCUT2D eigenvalue weighted by Gasteiger charge is -2.30. The van der Waals surface area contributed by atoms with Gasteiger partial charge in [-0.15, -0.1) is 10.2 Å². The van der Waals surface area contributed by atoms with E-state index in [0.717, 1.165) is 36.1 Å². The Morgan fingerprint density at radius 1 is 0.939 bits per heavy atom. The maximum absolute atomic E-state index is 12.9. The Balaban J connectivity index is 1.47. The summed E-state index contributed by atoms with van der Waals surface area (Å²) in [6.07, 6.45) is 2.34. The zero-order chi connectivity index (χ0) is 23.4. The molecule has 0 unspecified atom stereocenters. The number of ether oxygens (including phenoxy) is 2. The molecule has 174 valence electrons. The molecule has 0 radical (unpaired) electrons. The molecule has 3 aromatic rings. The second-order valence-electron chi connectivity index (χ2n) is 8.15. The fraction of sp³-hybridized carbons (Fsp3) is 0.333. The molecule has 0 saturated carbocycles. The monoisotopic (exact) mass is 468 g/mol. The third kappa shape index (κ3) is 5.19. The first-order valence-electron chi connectivity index (χ1n) is 10.8. The Morgan fingerprint density at radius 2 is 1.67 bits per heavy atom. The van der Waals surface area contributed by atoms with E-state index in [0.29, 0.717) is 11.4 Å². The largest absolute Gasteiger partial charge is 0.497 e. The molecular formula is C24H28N4O4S. The third-order valence-corrected chi connectivity index (χ3v) is 7.27. The molecule has 1 N–H and O–H groups in total. The van der Waals surface area contributed by atoms with E-state index >= 15 is 0 Å². The number of rotatable bonds is 7. The normalized spacial score (nSPS) is 14.7. The first-order chi connectivity index (χ1) is 15.9. The van der Waals surface area contributed by atoms with Gasteiger partial charge in [0, 0.05) is 30.4 Å². The quantitative estimate of drug-likeness (QED) is 0.555. The van der Waals surface area contributed by atoms with Gasteiger partial charge >= 0.3 is 0 Å². The molecule has 0 spiro atoms. The van der Waals surface area contributed by atoms with Crippen molar-refractivity contribution in [1.82, 2.24) is 10.2 Å². The fourth-order valence-corrected chi connectivity index (χ4v) is 5.01. The summed E-state index contributed by atoms with van der Waals surface area (Å²) in [6, 6.07) is 15.5. The van der Waals surface area contributed by atoms with E-state index in [2.05, 4.69) is 26.7 Å². The number of sulfonamides is 1. The van der Waals surface area contributed by atoms with Crippen LogP contribution >= 0.6 is 0 Å². The average molecular weight is 469 g/mol. The predicted octanol–water partition coefficient (Wildman–Crippen LogP) is 4.20. The van der Waals surface area contributed by atoms with Gasteiger partial charge in [-0.05, 0) is 55.2 Å². The van der Waals surface area contributed by atoms with E-state index in [1.165, 1.54) is 39.2 Å². The molecule has 0 amide bonds. The van der Waals surface area contributed by atoms with Gasteiger partial charge in [0.15, 0.2) is 5.82 Å². The molecule has 1 saturated heterocycles. The van der Waals surface area contributed by atoms with Crippen LogP contribution in [0.3, 0.4) is 0 Å². The number of hydrogen-bond donors (Lipinski definition) is 1. The van der Waals surface area contributed by atoms with Gasteiger partial charge in [-0.2, -0.15) is 0 Å². The van der Waals surface area contributed by atoms with Crippen LogP contribution in [0.5, 0.6) is 11.5 Å². The van der Waals surface area contributed by atoms with Crippen LogP contribution in [-0.2, 0) is 10.0 Å². The Hall–Kier alpha value is -3.33. The maximum Gasteiger partial charge on any atom is 0.265 e. The first-order valence-corrected chi connectivity index (χ1v) is 12.3. The molecule has 0 atom stereocenters. The molecule has 2 aromatic carbocycles. The number of benzene rings is 2. The molecular weight excluding hydrogens is 440 g/mol. The van der Waals surface area contributed by atoms with Crippen molar-refractivity contribution in [2.24, 2.45) is 5.92 Å². The summed E-state index contributed by atoms with van der Waals surface area (Å²) in [5.74, 6) is 2.37. The first kappa shape index (κ1) is 22.8. The smallest absolute Gasteiger partial charge is 0.265 e. The number of anilines is 2.